The number of piperidine rings is 1. The fourth-order valence-electron chi connectivity index (χ4n) is 3.41. The van der Waals surface area contributed by atoms with E-state index >= 15 is 0 Å². The van der Waals surface area contributed by atoms with E-state index in [-0.39, 0.29) is 11.6 Å². The van der Waals surface area contributed by atoms with E-state index in [1.165, 1.54) is 5.56 Å². The molecule has 1 unspecified atom stereocenters. The zero-order valence-electron chi connectivity index (χ0n) is 15.6. The van der Waals surface area contributed by atoms with Gasteiger partial charge in [-0.25, -0.2) is 4.79 Å². The third-order valence-corrected chi connectivity index (χ3v) is 4.69. The molecule has 1 aromatic rings. The van der Waals surface area contributed by atoms with Gasteiger partial charge in [0.2, 0.25) is 0 Å². The Morgan fingerprint density at radius 3 is 2.58 bits per heavy atom. The summed E-state index contributed by atoms with van der Waals surface area (Å²) in [6.07, 6.45) is 3.15. The van der Waals surface area contributed by atoms with Gasteiger partial charge in [0.05, 0.1) is 7.11 Å². The van der Waals surface area contributed by atoms with Crippen molar-refractivity contribution in [2.24, 2.45) is 0 Å². The first-order valence-electron chi connectivity index (χ1n) is 8.67. The van der Waals surface area contributed by atoms with Gasteiger partial charge in [-0.3, -0.25) is 0 Å². The lowest BCUT2D eigenvalue weighted by molar-refractivity contribution is 0.197. The number of benzene rings is 1. The number of hydrogen-bond donors (Lipinski definition) is 2. The van der Waals surface area contributed by atoms with E-state index < -0.39 is 0 Å². The lowest BCUT2D eigenvalue weighted by atomic mass is 9.82. The Labute approximate surface area is 145 Å². The number of amides is 2. The van der Waals surface area contributed by atoms with Crippen LogP contribution < -0.4 is 15.4 Å². The first-order chi connectivity index (χ1) is 11.3. The highest BCUT2D eigenvalue weighted by Crippen LogP contribution is 2.31. The summed E-state index contributed by atoms with van der Waals surface area (Å²) in [5.74, 6) is 1.46. The number of rotatable bonds is 5. The van der Waals surface area contributed by atoms with Crippen molar-refractivity contribution in [1.82, 2.24) is 15.5 Å². The minimum Gasteiger partial charge on any atom is -0.497 e. The van der Waals surface area contributed by atoms with Crippen LogP contribution in [0.15, 0.2) is 24.3 Å². The zero-order chi connectivity index (χ0) is 17.7. The highest BCUT2D eigenvalue weighted by Gasteiger charge is 2.30. The molecular formula is C19H31N3O2. The van der Waals surface area contributed by atoms with Crippen molar-refractivity contribution in [3.8, 4) is 5.75 Å². The molecular weight excluding hydrogens is 302 g/mol. The number of hydrogen-bond acceptors (Lipinski definition) is 3. The zero-order valence-corrected chi connectivity index (χ0v) is 15.6. The number of carbonyl (C=O) groups is 1. The van der Waals surface area contributed by atoms with Crippen LogP contribution in [0.4, 0.5) is 4.79 Å². The summed E-state index contributed by atoms with van der Waals surface area (Å²) in [6, 6.07) is 8.78. The third kappa shape index (κ3) is 5.13. The van der Waals surface area contributed by atoms with Crippen LogP contribution >= 0.6 is 0 Å². The molecule has 1 aliphatic heterocycles. The molecule has 1 heterocycles. The minimum absolute atomic E-state index is 0.0393. The largest absolute Gasteiger partial charge is 0.497 e. The van der Waals surface area contributed by atoms with Gasteiger partial charge < -0.3 is 20.3 Å². The number of nitrogens with one attached hydrogen (secondary N) is 2. The number of nitrogens with zero attached hydrogens (tertiary/aromatic N) is 1. The molecule has 134 valence electrons. The molecule has 2 atom stereocenters. The van der Waals surface area contributed by atoms with E-state index in [4.69, 9.17) is 4.74 Å². The van der Waals surface area contributed by atoms with Crippen LogP contribution in [0, 0.1) is 0 Å². The molecule has 0 bridgehead atoms. The highest BCUT2D eigenvalue weighted by molar-refractivity contribution is 5.74. The first-order valence-corrected chi connectivity index (χ1v) is 8.67. The predicted molar refractivity (Wildman–Crippen MR) is 97.7 cm³/mol. The fraction of sp³-hybridized carbons (Fsp3) is 0.632. The van der Waals surface area contributed by atoms with Crippen molar-refractivity contribution >= 4 is 6.03 Å². The molecule has 1 aliphatic rings. The molecule has 0 radical (unpaired) electrons. The summed E-state index contributed by atoms with van der Waals surface area (Å²) in [5.41, 5.74) is 1.14. The van der Waals surface area contributed by atoms with E-state index in [9.17, 15) is 4.79 Å². The van der Waals surface area contributed by atoms with Crippen molar-refractivity contribution in [3.63, 3.8) is 0 Å². The summed E-state index contributed by atoms with van der Waals surface area (Å²) >= 11 is 0. The van der Waals surface area contributed by atoms with Gasteiger partial charge in [0.1, 0.15) is 5.75 Å². The number of ether oxygens (including phenoxy) is 1. The van der Waals surface area contributed by atoms with Gasteiger partial charge in [0.15, 0.2) is 0 Å². The topological polar surface area (TPSA) is 53.6 Å². The Morgan fingerprint density at radius 1 is 1.33 bits per heavy atom. The smallest absolute Gasteiger partial charge is 0.317 e. The van der Waals surface area contributed by atoms with Crippen LogP contribution in [0.3, 0.4) is 0 Å². The van der Waals surface area contributed by atoms with Crippen molar-refractivity contribution in [1.29, 1.82) is 0 Å². The molecule has 5 nitrogen and oxygen atoms in total. The normalized spacial score (nSPS) is 21.2. The second-order valence-corrected chi connectivity index (χ2v) is 7.56. The van der Waals surface area contributed by atoms with E-state index in [1.54, 1.807) is 26.1 Å². The van der Waals surface area contributed by atoms with Gasteiger partial charge in [-0.05, 0) is 63.3 Å². The summed E-state index contributed by atoms with van der Waals surface area (Å²) in [6.45, 7) is 5.19. The van der Waals surface area contributed by atoms with Crippen molar-refractivity contribution in [2.75, 3.05) is 27.7 Å². The van der Waals surface area contributed by atoms with Crippen LogP contribution in [0.25, 0.3) is 0 Å². The molecule has 1 fully saturated rings. The quantitative estimate of drug-likeness (QED) is 0.871. The fourth-order valence-corrected chi connectivity index (χ4v) is 3.41. The first kappa shape index (κ1) is 18.6. The van der Waals surface area contributed by atoms with Crippen LogP contribution in [0.2, 0.25) is 0 Å². The van der Waals surface area contributed by atoms with E-state index in [0.717, 1.165) is 31.6 Å². The van der Waals surface area contributed by atoms with Crippen LogP contribution in [0.5, 0.6) is 5.75 Å². The van der Waals surface area contributed by atoms with E-state index in [2.05, 4.69) is 36.6 Å². The third-order valence-electron chi connectivity index (χ3n) is 4.69. The molecule has 1 aromatic carbocycles. The Hall–Kier alpha value is -1.75. The molecule has 2 rings (SSSR count). The predicted octanol–water partition coefficient (Wildman–Crippen LogP) is 2.97. The maximum atomic E-state index is 11.9. The minimum atomic E-state index is -0.235. The van der Waals surface area contributed by atoms with Crippen LogP contribution in [0.1, 0.15) is 44.6 Å². The molecule has 2 N–H and O–H groups in total. The summed E-state index contributed by atoms with van der Waals surface area (Å²) in [7, 11) is 5.23. The average Bonchev–Trinajstić information content (AvgIpc) is 2.54. The van der Waals surface area contributed by atoms with Gasteiger partial charge in [-0.1, -0.05) is 12.1 Å². The van der Waals surface area contributed by atoms with Gasteiger partial charge in [-0.15, -0.1) is 0 Å². The van der Waals surface area contributed by atoms with Crippen LogP contribution in [-0.4, -0.2) is 50.3 Å². The number of carbonyl (C=O) groups excluding carboxylic acids is 1. The SMILES string of the molecule is COc1ccc(C2CCN[C@H](CC(C)(C)NC(=O)N(C)C)C2)cc1. The molecule has 0 aromatic heterocycles. The van der Waals surface area contributed by atoms with E-state index in [0.29, 0.717) is 12.0 Å². The molecule has 24 heavy (non-hydrogen) atoms. The second kappa shape index (κ2) is 7.88. The number of urea groups is 1. The Balaban J connectivity index is 1.95. The average molecular weight is 333 g/mol. The maximum Gasteiger partial charge on any atom is 0.317 e. The molecule has 2 amide bonds. The molecule has 0 saturated carbocycles. The molecule has 0 aliphatic carbocycles. The summed E-state index contributed by atoms with van der Waals surface area (Å²) in [5, 5.41) is 6.71. The molecule has 0 spiro atoms. The lowest BCUT2D eigenvalue weighted by Crippen LogP contribution is -2.52. The molecule has 1 saturated heterocycles. The van der Waals surface area contributed by atoms with Crippen LogP contribution in [-0.2, 0) is 0 Å². The van der Waals surface area contributed by atoms with Gasteiger partial charge in [-0.2, -0.15) is 0 Å². The number of methoxy groups -OCH3 is 1. The van der Waals surface area contributed by atoms with Gasteiger partial charge >= 0.3 is 6.03 Å². The summed E-state index contributed by atoms with van der Waals surface area (Å²) < 4.78 is 5.24. The van der Waals surface area contributed by atoms with E-state index in [1.807, 2.05) is 12.1 Å². The molecule has 5 heteroatoms. The second-order valence-electron chi connectivity index (χ2n) is 7.56. The van der Waals surface area contributed by atoms with Crippen molar-refractivity contribution in [3.05, 3.63) is 29.8 Å². The summed E-state index contributed by atoms with van der Waals surface area (Å²) in [4.78, 5) is 13.5. The highest BCUT2D eigenvalue weighted by atomic mass is 16.5. The van der Waals surface area contributed by atoms with Crippen molar-refractivity contribution < 1.29 is 9.53 Å². The monoisotopic (exact) mass is 333 g/mol. The Kier molecular flexibility index (Phi) is 6.10. The Bertz CT molecular complexity index is 540. The van der Waals surface area contributed by atoms with Gasteiger partial charge in [0, 0.05) is 25.7 Å². The standard InChI is InChI=1S/C19H31N3O2/c1-19(2,21-18(23)22(3)4)13-16-12-15(10-11-20-16)14-6-8-17(24-5)9-7-14/h6-9,15-16,20H,10-13H2,1-5H3,(H,21,23)/t15?,16-/m0/s1. The van der Waals surface area contributed by atoms with Gasteiger partial charge in [0.25, 0.3) is 0 Å². The van der Waals surface area contributed by atoms with Crippen molar-refractivity contribution in [2.45, 2.75) is 50.6 Å². The lowest BCUT2D eigenvalue weighted by Gasteiger charge is -2.37. The Morgan fingerprint density at radius 2 is 2.00 bits per heavy atom. The maximum absolute atomic E-state index is 11.9.